The standard InChI is InChI=1S/C27H40O5Si/c1-9-24-18-25(10-17-33(21(2)3,22(4)5)23(6)7)20-26(19-24)27(28)32-16-15-31-14-13-30-12-11-29-8/h1,18-23H,11-16H2,2-8H3. The monoisotopic (exact) mass is 472 g/mol. The van der Waals surface area contributed by atoms with Crippen LogP contribution in [-0.4, -0.2) is 60.8 Å². The first-order valence-electron chi connectivity index (χ1n) is 11.6. The van der Waals surface area contributed by atoms with Gasteiger partial charge in [0.1, 0.15) is 14.7 Å². The molecule has 6 heteroatoms. The van der Waals surface area contributed by atoms with Gasteiger partial charge in [-0.2, -0.15) is 0 Å². The van der Waals surface area contributed by atoms with Crippen molar-refractivity contribution in [3.63, 3.8) is 0 Å². The summed E-state index contributed by atoms with van der Waals surface area (Å²) >= 11 is 0. The van der Waals surface area contributed by atoms with Crippen LogP contribution in [0.25, 0.3) is 0 Å². The maximum atomic E-state index is 12.6. The van der Waals surface area contributed by atoms with Gasteiger partial charge in [0.05, 0.1) is 38.6 Å². The third-order valence-corrected chi connectivity index (χ3v) is 12.2. The van der Waals surface area contributed by atoms with Crippen LogP contribution in [0.3, 0.4) is 0 Å². The molecule has 0 aliphatic rings. The number of methoxy groups -OCH3 is 1. The molecule has 182 valence electrons. The molecule has 0 bridgehead atoms. The summed E-state index contributed by atoms with van der Waals surface area (Å²) in [5, 5.41) is 0. The Morgan fingerprint density at radius 2 is 1.36 bits per heavy atom. The van der Waals surface area contributed by atoms with Gasteiger partial charge in [0.25, 0.3) is 0 Å². The number of hydrogen-bond acceptors (Lipinski definition) is 5. The highest BCUT2D eigenvalue weighted by Gasteiger charge is 2.41. The summed E-state index contributed by atoms with van der Waals surface area (Å²) in [4.78, 5) is 12.6. The molecule has 0 aliphatic heterocycles. The molecule has 0 unspecified atom stereocenters. The molecule has 0 atom stereocenters. The second-order valence-corrected chi connectivity index (χ2v) is 14.5. The molecule has 5 nitrogen and oxygen atoms in total. The van der Waals surface area contributed by atoms with Gasteiger partial charge >= 0.3 is 5.97 Å². The predicted molar refractivity (Wildman–Crippen MR) is 136 cm³/mol. The van der Waals surface area contributed by atoms with E-state index in [9.17, 15) is 4.79 Å². The summed E-state index contributed by atoms with van der Waals surface area (Å²) in [7, 11) is -0.264. The van der Waals surface area contributed by atoms with E-state index in [1.54, 1.807) is 19.2 Å². The number of carbonyl (C=O) groups excluding carboxylic acids is 1. The average molecular weight is 473 g/mol. The number of hydrogen-bond donors (Lipinski definition) is 0. The Kier molecular flexibility index (Phi) is 13.1. The van der Waals surface area contributed by atoms with Crippen LogP contribution in [0.2, 0.25) is 16.6 Å². The molecule has 0 heterocycles. The first-order chi connectivity index (χ1) is 15.7. The second-order valence-electron chi connectivity index (χ2n) is 8.94. The molecule has 0 saturated carbocycles. The minimum atomic E-state index is -1.89. The third-order valence-electron chi connectivity index (χ3n) is 5.89. The fraction of sp³-hybridized carbons (Fsp3) is 0.593. The molecule has 0 aromatic heterocycles. The SMILES string of the molecule is C#Cc1cc(C#C[Si](C(C)C)(C(C)C)C(C)C)cc(C(=O)OCCOCCOCCOC)c1. The Labute approximate surface area is 201 Å². The summed E-state index contributed by atoms with van der Waals surface area (Å²) < 4.78 is 21.0. The molecule has 0 amide bonds. The summed E-state index contributed by atoms with van der Waals surface area (Å²) in [6, 6.07) is 5.29. The first kappa shape index (κ1) is 28.9. The lowest BCUT2D eigenvalue weighted by atomic mass is 10.1. The molecule has 0 saturated heterocycles. The zero-order chi connectivity index (χ0) is 24.9. The van der Waals surface area contributed by atoms with E-state index in [2.05, 4.69) is 58.9 Å². The van der Waals surface area contributed by atoms with Crippen LogP contribution in [0, 0.1) is 23.8 Å². The number of esters is 1. The van der Waals surface area contributed by atoms with Crippen LogP contribution < -0.4 is 0 Å². The highest BCUT2D eigenvalue weighted by Crippen LogP contribution is 2.40. The lowest BCUT2D eigenvalue weighted by molar-refractivity contribution is 0.00570. The van der Waals surface area contributed by atoms with Gasteiger partial charge in [-0.1, -0.05) is 53.4 Å². The van der Waals surface area contributed by atoms with Gasteiger partial charge in [-0.25, -0.2) is 4.79 Å². The number of rotatable bonds is 13. The van der Waals surface area contributed by atoms with E-state index in [-0.39, 0.29) is 6.61 Å². The van der Waals surface area contributed by atoms with Crippen LogP contribution in [0.4, 0.5) is 0 Å². The molecule has 0 radical (unpaired) electrons. The molecule has 0 N–H and O–H groups in total. The number of benzene rings is 1. The van der Waals surface area contributed by atoms with Gasteiger partial charge < -0.3 is 18.9 Å². The zero-order valence-electron chi connectivity index (χ0n) is 21.3. The zero-order valence-corrected chi connectivity index (χ0v) is 22.3. The van der Waals surface area contributed by atoms with Crippen molar-refractivity contribution in [2.24, 2.45) is 0 Å². The summed E-state index contributed by atoms with van der Waals surface area (Å²) in [5.41, 5.74) is 7.02. The largest absolute Gasteiger partial charge is 0.460 e. The first-order valence-corrected chi connectivity index (χ1v) is 13.9. The van der Waals surface area contributed by atoms with Crippen LogP contribution in [0.15, 0.2) is 18.2 Å². The highest BCUT2D eigenvalue weighted by atomic mass is 28.3. The maximum Gasteiger partial charge on any atom is 0.338 e. The molecule has 1 rings (SSSR count). The molecule has 33 heavy (non-hydrogen) atoms. The average Bonchev–Trinajstić information content (AvgIpc) is 2.77. The second kappa shape index (κ2) is 14.9. The lowest BCUT2D eigenvalue weighted by Gasteiger charge is -2.38. The Morgan fingerprint density at radius 1 is 0.848 bits per heavy atom. The van der Waals surface area contributed by atoms with Gasteiger partial charge in [-0.15, -0.1) is 12.0 Å². The van der Waals surface area contributed by atoms with Crippen LogP contribution >= 0.6 is 0 Å². The Hall–Kier alpha value is -2.09. The Morgan fingerprint density at radius 3 is 1.88 bits per heavy atom. The molecule has 1 aromatic carbocycles. The third kappa shape index (κ3) is 8.99. The van der Waals surface area contributed by atoms with Gasteiger partial charge in [0, 0.05) is 18.2 Å². The van der Waals surface area contributed by atoms with Crippen LogP contribution in [0.1, 0.15) is 63.0 Å². The van der Waals surface area contributed by atoms with Crippen molar-refractivity contribution in [1.82, 2.24) is 0 Å². The number of ether oxygens (including phenoxy) is 4. The minimum Gasteiger partial charge on any atom is -0.460 e. The molecule has 0 fully saturated rings. The van der Waals surface area contributed by atoms with E-state index in [4.69, 9.17) is 25.4 Å². The van der Waals surface area contributed by atoms with Crippen LogP contribution in [-0.2, 0) is 18.9 Å². The molecule has 0 spiro atoms. The smallest absolute Gasteiger partial charge is 0.338 e. The maximum absolute atomic E-state index is 12.6. The van der Waals surface area contributed by atoms with Gasteiger partial charge in [0.2, 0.25) is 0 Å². The van der Waals surface area contributed by atoms with Crippen molar-refractivity contribution in [1.29, 1.82) is 0 Å². The predicted octanol–water partition coefficient (Wildman–Crippen LogP) is 5.07. The van der Waals surface area contributed by atoms with E-state index in [1.165, 1.54) is 0 Å². The lowest BCUT2D eigenvalue weighted by Crippen LogP contribution is -2.43. The van der Waals surface area contributed by atoms with Crippen molar-refractivity contribution in [3.05, 3.63) is 34.9 Å². The minimum absolute atomic E-state index is 0.155. The number of terminal acetylenes is 1. The van der Waals surface area contributed by atoms with Crippen molar-refractivity contribution < 1.29 is 23.7 Å². The van der Waals surface area contributed by atoms with Gasteiger partial charge in [-0.05, 0) is 34.8 Å². The van der Waals surface area contributed by atoms with E-state index >= 15 is 0 Å². The summed E-state index contributed by atoms with van der Waals surface area (Å²) in [5.74, 6) is 5.55. The highest BCUT2D eigenvalue weighted by molar-refractivity contribution is 6.90. The topological polar surface area (TPSA) is 54.0 Å². The Balaban J connectivity index is 2.84. The van der Waals surface area contributed by atoms with Crippen molar-refractivity contribution in [3.8, 4) is 23.8 Å². The van der Waals surface area contributed by atoms with E-state index < -0.39 is 14.0 Å². The molecular formula is C27H40O5Si. The molecule has 0 aliphatic carbocycles. The fourth-order valence-electron chi connectivity index (χ4n) is 4.26. The normalized spacial score (nSPS) is 11.4. The van der Waals surface area contributed by atoms with E-state index in [0.717, 1.165) is 5.56 Å². The summed E-state index contributed by atoms with van der Waals surface area (Å²) in [6.45, 7) is 16.1. The number of carbonyl (C=O) groups is 1. The van der Waals surface area contributed by atoms with Crippen molar-refractivity contribution in [2.45, 2.75) is 58.2 Å². The van der Waals surface area contributed by atoms with Crippen LogP contribution in [0.5, 0.6) is 0 Å². The fourth-order valence-corrected chi connectivity index (χ4v) is 9.48. The van der Waals surface area contributed by atoms with Gasteiger partial charge in [-0.3, -0.25) is 0 Å². The molecule has 1 aromatic rings. The van der Waals surface area contributed by atoms with Crippen molar-refractivity contribution in [2.75, 3.05) is 46.8 Å². The van der Waals surface area contributed by atoms with Gasteiger partial charge in [0.15, 0.2) is 0 Å². The summed E-state index contributed by atoms with van der Waals surface area (Å²) in [6.07, 6.45) is 5.63. The van der Waals surface area contributed by atoms with E-state index in [1.807, 2.05) is 6.07 Å². The Bertz CT molecular complexity index is 821. The van der Waals surface area contributed by atoms with E-state index in [0.29, 0.717) is 60.8 Å². The van der Waals surface area contributed by atoms with Crippen molar-refractivity contribution >= 4 is 14.0 Å². The molecular weight excluding hydrogens is 432 g/mol. The quantitative estimate of drug-likeness (QED) is 0.174.